The first kappa shape index (κ1) is 18.4. The highest BCUT2D eigenvalue weighted by molar-refractivity contribution is 6.44. The minimum absolute atomic E-state index is 0.257. The monoisotopic (exact) mass is 345 g/mol. The Labute approximate surface area is 150 Å². The number of hydrogen-bond donors (Lipinski definition) is 2. The first-order valence-corrected chi connectivity index (χ1v) is 7.64. The highest BCUT2D eigenvalue weighted by Crippen LogP contribution is 2.23. The number of carbonyl (C=O) groups excluding carboxylic acids is 2. The molecule has 2 aromatic carbocycles. The molecule has 0 aliphatic rings. The van der Waals surface area contributed by atoms with Gasteiger partial charge in [-0.2, -0.15) is 15.6 Å². The summed E-state index contributed by atoms with van der Waals surface area (Å²) in [5.41, 5.74) is 7.74. The van der Waals surface area contributed by atoms with Crippen molar-refractivity contribution in [3.05, 3.63) is 71.8 Å². The molecule has 0 aromatic heterocycles. The number of urea groups is 1. The quantitative estimate of drug-likeness (QED) is 0.613. The molecule has 128 valence electrons. The van der Waals surface area contributed by atoms with Crippen molar-refractivity contribution in [3.8, 4) is 12.1 Å². The van der Waals surface area contributed by atoms with Crippen LogP contribution in [0.2, 0.25) is 0 Å². The number of carbonyl (C=O) groups is 2. The van der Waals surface area contributed by atoms with Crippen LogP contribution < -0.4 is 11.2 Å². The molecule has 0 bridgehead atoms. The maximum absolute atomic E-state index is 13.0. The van der Waals surface area contributed by atoms with E-state index in [9.17, 15) is 20.1 Å². The first-order valence-electron chi connectivity index (χ1n) is 7.64. The van der Waals surface area contributed by atoms with Crippen LogP contribution in [0.4, 0.5) is 4.79 Å². The van der Waals surface area contributed by atoms with Crippen molar-refractivity contribution in [1.82, 2.24) is 5.43 Å². The van der Waals surface area contributed by atoms with Gasteiger partial charge in [0.25, 0.3) is 0 Å². The van der Waals surface area contributed by atoms with E-state index in [2.05, 4.69) is 5.10 Å². The predicted octanol–water partition coefficient (Wildman–Crippen LogP) is 2.19. The van der Waals surface area contributed by atoms with E-state index in [0.717, 1.165) is 0 Å². The standard InChI is InChI=1S/C19H15N5O2/c20-11-15(13-7-3-1-4-8-13)17(23-24-19(22)26)18(25)16(12-21)14-9-5-2-6-10-14/h1-10,15-16H,(H3,22,24,26)/b23-17-. The van der Waals surface area contributed by atoms with E-state index in [4.69, 9.17) is 5.73 Å². The van der Waals surface area contributed by atoms with Crippen molar-refractivity contribution in [2.75, 3.05) is 0 Å². The Morgan fingerprint density at radius 3 is 1.77 bits per heavy atom. The molecule has 0 saturated heterocycles. The van der Waals surface area contributed by atoms with Gasteiger partial charge in [0.2, 0.25) is 5.78 Å². The smallest absolute Gasteiger partial charge is 0.332 e. The van der Waals surface area contributed by atoms with Crippen LogP contribution >= 0.6 is 0 Å². The summed E-state index contributed by atoms with van der Waals surface area (Å²) in [7, 11) is 0. The highest BCUT2D eigenvalue weighted by Gasteiger charge is 2.31. The van der Waals surface area contributed by atoms with Crippen LogP contribution in [0.3, 0.4) is 0 Å². The van der Waals surface area contributed by atoms with Crippen molar-refractivity contribution in [2.24, 2.45) is 10.8 Å². The summed E-state index contributed by atoms with van der Waals surface area (Å²) in [6, 6.07) is 19.9. The molecule has 2 amide bonds. The molecule has 7 nitrogen and oxygen atoms in total. The molecular formula is C19H15N5O2. The molecule has 0 heterocycles. The van der Waals surface area contributed by atoms with Crippen LogP contribution in [0.15, 0.2) is 65.8 Å². The lowest BCUT2D eigenvalue weighted by Gasteiger charge is -2.15. The Hall–Kier alpha value is -3.97. The number of amides is 2. The number of hydrazone groups is 1. The summed E-state index contributed by atoms with van der Waals surface area (Å²) in [6.07, 6.45) is 0. The van der Waals surface area contributed by atoms with Gasteiger partial charge in [0.15, 0.2) is 0 Å². The van der Waals surface area contributed by atoms with Crippen LogP contribution in [-0.4, -0.2) is 17.5 Å². The lowest BCUT2D eigenvalue weighted by atomic mass is 9.86. The van der Waals surface area contributed by atoms with Crippen molar-refractivity contribution < 1.29 is 9.59 Å². The fourth-order valence-electron chi connectivity index (χ4n) is 2.39. The molecule has 3 N–H and O–H groups in total. The molecule has 0 aliphatic carbocycles. The summed E-state index contributed by atoms with van der Waals surface area (Å²) in [6.45, 7) is 0. The molecule has 7 heteroatoms. The van der Waals surface area contributed by atoms with Crippen molar-refractivity contribution in [2.45, 2.75) is 11.8 Å². The van der Waals surface area contributed by atoms with E-state index in [-0.39, 0.29) is 5.71 Å². The van der Waals surface area contributed by atoms with Crippen LogP contribution in [0.25, 0.3) is 0 Å². The summed E-state index contributed by atoms with van der Waals surface area (Å²) in [5, 5.41) is 22.8. The van der Waals surface area contributed by atoms with Crippen LogP contribution in [0.1, 0.15) is 23.0 Å². The Bertz CT molecular complexity index is 895. The van der Waals surface area contributed by atoms with Gasteiger partial charge in [0.05, 0.1) is 12.1 Å². The van der Waals surface area contributed by atoms with E-state index in [1.165, 1.54) is 0 Å². The number of hydrogen-bond acceptors (Lipinski definition) is 5. The van der Waals surface area contributed by atoms with Gasteiger partial charge in [-0.1, -0.05) is 60.7 Å². The second-order valence-corrected chi connectivity index (χ2v) is 5.28. The topological polar surface area (TPSA) is 132 Å². The maximum Gasteiger partial charge on any atom is 0.332 e. The SMILES string of the molecule is N#CC(C(=O)/C(=N\NC(N)=O)C(C#N)c1ccccc1)c1ccccc1. The second kappa shape index (κ2) is 8.76. The minimum Gasteiger partial charge on any atom is -0.350 e. The lowest BCUT2D eigenvalue weighted by Crippen LogP contribution is -2.32. The third kappa shape index (κ3) is 4.31. The maximum atomic E-state index is 13.0. The Kier molecular flexibility index (Phi) is 6.19. The van der Waals surface area contributed by atoms with E-state index in [1.54, 1.807) is 60.7 Å². The predicted molar refractivity (Wildman–Crippen MR) is 94.8 cm³/mol. The van der Waals surface area contributed by atoms with Crippen molar-refractivity contribution in [3.63, 3.8) is 0 Å². The van der Waals surface area contributed by atoms with Crippen LogP contribution in [0, 0.1) is 22.7 Å². The molecule has 0 radical (unpaired) electrons. The molecule has 0 saturated carbocycles. The van der Waals surface area contributed by atoms with Gasteiger partial charge in [0, 0.05) is 0 Å². The van der Waals surface area contributed by atoms with Crippen molar-refractivity contribution >= 4 is 17.5 Å². The molecule has 0 fully saturated rings. The molecule has 2 atom stereocenters. The van der Waals surface area contributed by atoms with Gasteiger partial charge in [-0.15, -0.1) is 0 Å². The fraction of sp³-hybridized carbons (Fsp3) is 0.105. The summed E-state index contributed by atoms with van der Waals surface area (Å²) < 4.78 is 0. The van der Waals surface area contributed by atoms with Crippen LogP contribution in [-0.2, 0) is 4.79 Å². The number of rotatable bonds is 6. The number of nitriles is 2. The van der Waals surface area contributed by atoms with Crippen LogP contribution in [0.5, 0.6) is 0 Å². The van der Waals surface area contributed by atoms with E-state index >= 15 is 0 Å². The van der Waals surface area contributed by atoms with E-state index in [1.807, 2.05) is 17.6 Å². The summed E-state index contributed by atoms with van der Waals surface area (Å²) in [4.78, 5) is 24.0. The molecule has 0 spiro atoms. The lowest BCUT2D eigenvalue weighted by molar-refractivity contribution is -0.113. The number of nitrogens with one attached hydrogen (secondary N) is 1. The number of benzene rings is 2. The van der Waals surface area contributed by atoms with Gasteiger partial charge >= 0.3 is 6.03 Å². The Morgan fingerprint density at radius 2 is 1.35 bits per heavy atom. The molecule has 26 heavy (non-hydrogen) atoms. The average molecular weight is 345 g/mol. The third-order valence-corrected chi connectivity index (χ3v) is 3.60. The molecule has 0 aliphatic heterocycles. The number of ketones is 1. The number of primary amides is 1. The summed E-state index contributed by atoms with van der Waals surface area (Å²) >= 11 is 0. The molecular weight excluding hydrogens is 330 g/mol. The van der Waals surface area contributed by atoms with Crippen molar-refractivity contribution in [1.29, 1.82) is 10.5 Å². The molecule has 2 unspecified atom stereocenters. The average Bonchev–Trinajstić information content (AvgIpc) is 2.67. The Morgan fingerprint density at radius 1 is 0.885 bits per heavy atom. The number of nitrogens with two attached hydrogens (primary N) is 1. The zero-order valence-electron chi connectivity index (χ0n) is 13.7. The Balaban J connectivity index is 2.49. The molecule has 2 aromatic rings. The van der Waals surface area contributed by atoms with Gasteiger partial charge in [0.1, 0.15) is 17.5 Å². The first-order chi connectivity index (χ1) is 12.6. The third-order valence-electron chi connectivity index (χ3n) is 3.60. The van der Waals surface area contributed by atoms with Gasteiger partial charge in [-0.3, -0.25) is 4.79 Å². The van der Waals surface area contributed by atoms with Gasteiger partial charge in [-0.25, -0.2) is 10.2 Å². The summed E-state index contributed by atoms with van der Waals surface area (Å²) in [5.74, 6) is -2.90. The van der Waals surface area contributed by atoms with Gasteiger partial charge < -0.3 is 5.73 Å². The van der Waals surface area contributed by atoms with E-state index < -0.39 is 23.7 Å². The fourth-order valence-corrected chi connectivity index (χ4v) is 2.39. The largest absolute Gasteiger partial charge is 0.350 e. The number of Topliss-reactive ketones (excluding diaryl/α,β-unsaturated/α-hetero) is 1. The molecule has 2 rings (SSSR count). The zero-order valence-corrected chi connectivity index (χ0v) is 13.7. The van der Waals surface area contributed by atoms with E-state index in [0.29, 0.717) is 11.1 Å². The second-order valence-electron chi connectivity index (χ2n) is 5.28. The highest BCUT2D eigenvalue weighted by atomic mass is 16.2. The number of nitrogens with zero attached hydrogens (tertiary/aromatic N) is 3. The minimum atomic E-state index is -1.16. The normalized spacial score (nSPS) is 12.9. The van der Waals surface area contributed by atoms with Gasteiger partial charge in [-0.05, 0) is 11.1 Å². The zero-order chi connectivity index (χ0) is 18.9.